The average Bonchev–Trinajstić information content (AvgIpc) is 3.61. The third kappa shape index (κ3) is 12.7. The van der Waals surface area contributed by atoms with Crippen LogP contribution < -0.4 is 114 Å². The van der Waals surface area contributed by atoms with Gasteiger partial charge in [0.2, 0.25) is 5.91 Å². The predicted octanol–water partition coefficient (Wildman–Crippen LogP) is -9.68. The van der Waals surface area contributed by atoms with Gasteiger partial charge >= 0.3 is 88.7 Å². The molecule has 1 fully saturated rings. The molecule has 0 bridgehead atoms. The molecule has 4 unspecified atom stereocenters. The number of nitrogen functional groups attached to an aromatic ring is 1. The molecular formula is C18H23N6Na3O14P3S2-. The van der Waals surface area contributed by atoms with Crippen molar-refractivity contribution in [1.29, 1.82) is 0 Å². The van der Waals surface area contributed by atoms with E-state index in [0.29, 0.717) is 0 Å². The number of aromatic amines is 1. The van der Waals surface area contributed by atoms with Crippen molar-refractivity contribution in [1.82, 2.24) is 24.8 Å². The number of carbonyl (C=O) groups is 1. The van der Waals surface area contributed by atoms with Crippen LogP contribution in [0.15, 0.2) is 23.2 Å². The zero-order valence-corrected chi connectivity index (χ0v) is 34.9. The van der Waals surface area contributed by atoms with Crippen LogP contribution in [-0.2, 0) is 52.4 Å². The number of thiophene rings is 1. The molecule has 4 rings (SSSR count). The van der Waals surface area contributed by atoms with Gasteiger partial charge in [-0.1, -0.05) is 12.2 Å². The number of fused-ring (bicyclic) bond motifs is 1. The van der Waals surface area contributed by atoms with Gasteiger partial charge in [0.05, 0.1) is 12.9 Å². The molecule has 4 heterocycles. The minimum Gasteiger partial charge on any atom is -1.00 e. The van der Waals surface area contributed by atoms with E-state index in [0.717, 1.165) is 5.56 Å². The first kappa shape index (κ1) is 45.1. The summed E-state index contributed by atoms with van der Waals surface area (Å²) in [5.74, 6) is -0.573. The van der Waals surface area contributed by atoms with Gasteiger partial charge in [-0.3, -0.25) is 23.1 Å². The van der Waals surface area contributed by atoms with E-state index in [1.165, 1.54) is 29.3 Å². The van der Waals surface area contributed by atoms with Gasteiger partial charge in [-0.2, -0.15) is 11.3 Å². The van der Waals surface area contributed by atoms with Crippen LogP contribution in [0.1, 0.15) is 13.2 Å². The standard InChI is InChI=1S/C18H25N6O14P3S2.3Na.H/c1-33-13-10(5-35-40(29,30)38-41(31,32)37-39(26,27)28)36-17(24-8-21-12-15(24)22-18(19)23-16(12)42)14(13)34-6-11(25)20-4-9-2-3-43-7-9;;;;/h2-3,7-8,10,13-14,17H,4-6H2,1H3,(H,20,25)(H,29,30)(H,31,32)(H2,26,27,28)(H3,19,22,23,42);;;;/q;3*+1;-1/p-3/t10-,13?,14+,17-;;;;/m1..../s1. The van der Waals surface area contributed by atoms with Crippen molar-refractivity contribution in [2.75, 3.05) is 26.1 Å². The molecule has 46 heavy (non-hydrogen) atoms. The fraction of sp³-hybridized carbons (Fsp3) is 0.444. The number of anilines is 1. The molecule has 3 aromatic heterocycles. The van der Waals surface area contributed by atoms with E-state index in [1.807, 2.05) is 16.8 Å². The summed E-state index contributed by atoms with van der Waals surface area (Å²) in [6, 6.07) is 1.83. The minimum atomic E-state index is -6.13. The van der Waals surface area contributed by atoms with Crippen LogP contribution in [-0.4, -0.2) is 69.0 Å². The number of imidazole rings is 1. The van der Waals surface area contributed by atoms with Crippen LogP contribution in [0.3, 0.4) is 0 Å². The van der Waals surface area contributed by atoms with Crippen molar-refractivity contribution in [3.8, 4) is 0 Å². The Morgan fingerprint density at radius 2 is 1.93 bits per heavy atom. The molecule has 1 amide bonds. The number of hydrogen-bond acceptors (Lipinski definition) is 18. The Balaban J connectivity index is 0.00000529. The second-order valence-electron chi connectivity index (χ2n) is 8.55. The van der Waals surface area contributed by atoms with E-state index >= 15 is 0 Å². The molecule has 7 atom stereocenters. The summed E-state index contributed by atoms with van der Waals surface area (Å²) in [7, 11) is -16.7. The maximum atomic E-state index is 12.5. The zero-order valence-electron chi connectivity index (χ0n) is 25.6. The Morgan fingerprint density at radius 1 is 1.24 bits per heavy atom. The quantitative estimate of drug-likeness (QED) is 0.0672. The number of H-pyrrole nitrogens is 1. The first-order valence-corrected chi connectivity index (χ1v) is 17.4. The molecule has 0 saturated carbocycles. The van der Waals surface area contributed by atoms with E-state index in [1.54, 1.807) is 0 Å². The molecule has 1 aliphatic heterocycles. The second kappa shape index (κ2) is 19.0. The maximum absolute atomic E-state index is 12.5. The van der Waals surface area contributed by atoms with Gasteiger partial charge in [0.25, 0.3) is 23.5 Å². The number of amides is 1. The number of methoxy groups -OCH3 is 1. The van der Waals surface area contributed by atoms with Crippen molar-refractivity contribution in [2.24, 2.45) is 0 Å². The Hall–Kier alpha value is 1.03. The molecule has 0 radical (unpaired) electrons. The van der Waals surface area contributed by atoms with Gasteiger partial charge in [0.1, 0.15) is 36.1 Å². The van der Waals surface area contributed by atoms with Crippen molar-refractivity contribution in [3.05, 3.63) is 33.4 Å². The fourth-order valence-electron chi connectivity index (χ4n) is 3.94. The van der Waals surface area contributed by atoms with Crippen LogP contribution in [0.2, 0.25) is 0 Å². The third-order valence-electron chi connectivity index (χ3n) is 5.57. The van der Waals surface area contributed by atoms with Gasteiger partial charge in [-0.25, -0.2) is 18.6 Å². The molecule has 28 heteroatoms. The van der Waals surface area contributed by atoms with E-state index in [-0.39, 0.29) is 118 Å². The largest absolute Gasteiger partial charge is 1.00 e. The summed E-state index contributed by atoms with van der Waals surface area (Å²) in [6.07, 6.45) is -3.56. The van der Waals surface area contributed by atoms with E-state index in [2.05, 4.69) is 33.4 Å². The summed E-state index contributed by atoms with van der Waals surface area (Å²) in [5.41, 5.74) is 7.10. The number of ether oxygens (including phenoxy) is 3. The Bertz CT molecular complexity index is 1670. The molecule has 0 aromatic carbocycles. The molecule has 240 valence electrons. The first-order valence-electron chi connectivity index (χ1n) is 11.6. The summed E-state index contributed by atoms with van der Waals surface area (Å²) >= 11 is 6.64. The predicted molar refractivity (Wildman–Crippen MR) is 142 cm³/mol. The number of rotatable bonds is 14. The first-order chi connectivity index (χ1) is 20.1. The monoisotopic (exact) mass is 773 g/mol. The normalized spacial score (nSPS) is 23.2. The van der Waals surface area contributed by atoms with E-state index in [9.17, 15) is 33.2 Å². The molecule has 1 saturated heterocycles. The SMILES string of the molecule is COC1[C@@H](COP(=O)([O-])OP(=O)([O-])OP(=O)([O-])O)O[C@@H](n2cnc3c(=S)nc(N)[nH]c32)[C@H]1OCC(=O)NCc1ccsc1.[H-].[Na+].[Na+].[Na+]. The fourth-order valence-corrected chi connectivity index (χ4v) is 7.76. The van der Waals surface area contributed by atoms with Crippen LogP contribution >= 0.6 is 47.0 Å². The van der Waals surface area contributed by atoms with Crippen molar-refractivity contribution >= 4 is 70.0 Å². The Kier molecular flexibility index (Phi) is 18.6. The summed E-state index contributed by atoms with van der Waals surface area (Å²) in [4.78, 5) is 66.3. The number of nitrogens with one attached hydrogen (secondary N) is 2. The summed E-state index contributed by atoms with van der Waals surface area (Å²) in [6.45, 7) is -1.22. The molecule has 0 aliphatic carbocycles. The maximum Gasteiger partial charge on any atom is 1.00 e. The number of aromatic nitrogens is 4. The smallest absolute Gasteiger partial charge is 1.00 e. The Labute approximate surface area is 337 Å². The number of phosphoric acid groups is 3. The number of carbonyl (C=O) groups excluding carboxylic acids is 1. The van der Waals surface area contributed by atoms with Crippen LogP contribution in [0.25, 0.3) is 11.2 Å². The average molecular weight is 773 g/mol. The minimum absolute atomic E-state index is 0. The number of nitrogens with zero attached hydrogens (tertiary/aromatic N) is 3. The van der Waals surface area contributed by atoms with Gasteiger partial charge in [0, 0.05) is 13.7 Å². The number of phosphoric ester groups is 1. The molecule has 0 spiro atoms. The molecular weight excluding hydrogens is 750 g/mol. The van der Waals surface area contributed by atoms with E-state index < -0.39 is 67.1 Å². The summed E-state index contributed by atoms with van der Waals surface area (Å²) in [5, 5.41) is 6.37. The Morgan fingerprint density at radius 3 is 2.54 bits per heavy atom. The molecule has 1 aliphatic rings. The van der Waals surface area contributed by atoms with Gasteiger partial charge in [-0.05, 0) is 22.4 Å². The van der Waals surface area contributed by atoms with Gasteiger partial charge in [0.15, 0.2) is 16.8 Å². The number of hydrogen-bond donors (Lipinski definition) is 4. The van der Waals surface area contributed by atoms with Crippen molar-refractivity contribution < 1.29 is 156 Å². The van der Waals surface area contributed by atoms with Crippen LogP contribution in [0.4, 0.5) is 5.95 Å². The van der Waals surface area contributed by atoms with Crippen molar-refractivity contribution in [2.45, 2.75) is 31.1 Å². The second-order valence-corrected chi connectivity index (χ2v) is 14.0. The number of nitrogens with two attached hydrogens (primary N) is 1. The molecule has 20 nitrogen and oxygen atoms in total. The van der Waals surface area contributed by atoms with Crippen LogP contribution in [0, 0.1) is 4.64 Å². The van der Waals surface area contributed by atoms with E-state index in [4.69, 9.17) is 37.1 Å². The zero-order chi connectivity index (χ0) is 31.6. The topological polar surface area (TPSA) is 298 Å². The van der Waals surface area contributed by atoms with Crippen LogP contribution in [0.5, 0.6) is 0 Å². The molecule has 5 N–H and O–H groups in total. The third-order valence-corrected chi connectivity index (χ3v) is 10.3. The van der Waals surface area contributed by atoms with Gasteiger partial charge < -0.3 is 55.8 Å². The molecule has 3 aromatic rings. The summed E-state index contributed by atoms with van der Waals surface area (Å²) < 4.78 is 64.5. The van der Waals surface area contributed by atoms with Crippen molar-refractivity contribution in [3.63, 3.8) is 0 Å². The van der Waals surface area contributed by atoms with Gasteiger partial charge in [-0.15, -0.1) is 0 Å².